The first-order valence-corrected chi connectivity index (χ1v) is 7.55. The zero-order chi connectivity index (χ0) is 14.3. The predicted molar refractivity (Wildman–Crippen MR) is 65.0 cm³/mol. The third-order valence-electron chi connectivity index (χ3n) is 2.98. The van der Waals surface area contributed by atoms with E-state index in [2.05, 4.69) is 0 Å². The monoisotopic (exact) mass is 309 g/mol. The first-order valence-electron chi connectivity index (χ1n) is 5.30. The van der Waals surface area contributed by atoms with Crippen LogP contribution in [0.4, 0.5) is 4.39 Å². The Morgan fingerprint density at radius 3 is 2.63 bits per heavy atom. The third-order valence-corrected chi connectivity index (χ3v) is 6.11. The van der Waals surface area contributed by atoms with Crippen LogP contribution in [0.2, 0.25) is 0 Å². The van der Waals surface area contributed by atoms with Gasteiger partial charge in [0.1, 0.15) is 9.62 Å². The molecule has 0 unspecified atom stereocenters. The van der Waals surface area contributed by atoms with Crippen LogP contribution in [0.3, 0.4) is 0 Å². The van der Waals surface area contributed by atoms with Gasteiger partial charge in [-0.3, -0.25) is 4.79 Å². The molecule has 1 aliphatic heterocycles. The molecule has 0 aromatic carbocycles. The van der Waals surface area contributed by atoms with Crippen molar-refractivity contribution in [2.75, 3.05) is 26.8 Å². The molecule has 0 atom stereocenters. The first-order chi connectivity index (χ1) is 8.82. The average molecular weight is 309 g/mol. The van der Waals surface area contributed by atoms with Crippen LogP contribution in [-0.4, -0.2) is 50.6 Å². The first kappa shape index (κ1) is 14.4. The quantitative estimate of drug-likeness (QED) is 0.861. The lowest BCUT2D eigenvalue weighted by atomic mass is 9.83. The fraction of sp³-hybridized carbons (Fsp3) is 0.500. The largest absolute Gasteiger partial charge is 0.481 e. The van der Waals surface area contributed by atoms with E-state index in [4.69, 9.17) is 9.84 Å². The fourth-order valence-corrected chi connectivity index (χ4v) is 4.70. The lowest BCUT2D eigenvalue weighted by Gasteiger charge is -2.45. The Balaban J connectivity index is 2.17. The number of ether oxygens (including phenoxy) is 1. The van der Waals surface area contributed by atoms with Gasteiger partial charge in [-0.25, -0.2) is 8.42 Å². The highest BCUT2D eigenvalue weighted by Crippen LogP contribution is 2.36. The lowest BCUT2D eigenvalue weighted by molar-refractivity contribution is -0.161. The normalized spacial score (nSPS) is 19.1. The number of thiophene rings is 1. The van der Waals surface area contributed by atoms with Gasteiger partial charge in [-0.15, -0.1) is 0 Å². The summed E-state index contributed by atoms with van der Waals surface area (Å²) in [6.07, 6.45) is 0. The van der Waals surface area contributed by atoms with Crippen LogP contribution in [0.25, 0.3) is 0 Å². The number of sulfonamides is 1. The van der Waals surface area contributed by atoms with Crippen molar-refractivity contribution in [1.29, 1.82) is 0 Å². The average Bonchev–Trinajstić information content (AvgIpc) is 2.69. The number of nitrogens with zero attached hydrogens (tertiary/aromatic N) is 1. The standard InChI is InChI=1S/C10H12FNO5S2/c1-17-6-10(9(13)14)4-12(5-10)19(15,16)8-3-2-7(11)18-8/h2-3H,4-6H2,1H3,(H,13,14). The molecule has 1 saturated heterocycles. The second kappa shape index (κ2) is 4.82. The van der Waals surface area contributed by atoms with E-state index in [0.29, 0.717) is 11.3 Å². The molecule has 0 spiro atoms. The van der Waals surface area contributed by atoms with Crippen molar-refractivity contribution >= 4 is 27.3 Å². The maximum atomic E-state index is 12.9. The van der Waals surface area contributed by atoms with Gasteiger partial charge in [0.05, 0.1) is 6.61 Å². The molecule has 1 aliphatic rings. The van der Waals surface area contributed by atoms with Crippen LogP contribution in [0, 0.1) is 10.5 Å². The molecule has 1 aromatic rings. The minimum absolute atomic E-state index is 0.0623. The molecule has 0 radical (unpaired) electrons. The van der Waals surface area contributed by atoms with E-state index in [-0.39, 0.29) is 23.9 Å². The smallest absolute Gasteiger partial charge is 0.314 e. The van der Waals surface area contributed by atoms with Crippen molar-refractivity contribution in [3.8, 4) is 0 Å². The van der Waals surface area contributed by atoms with Crippen molar-refractivity contribution in [3.05, 3.63) is 17.3 Å². The molecular weight excluding hydrogens is 297 g/mol. The summed E-state index contributed by atoms with van der Waals surface area (Å²) in [7, 11) is -2.45. The highest BCUT2D eigenvalue weighted by molar-refractivity contribution is 7.91. The second-order valence-electron chi connectivity index (χ2n) is 4.35. The molecule has 9 heteroatoms. The summed E-state index contributed by atoms with van der Waals surface area (Å²) in [5.41, 5.74) is -1.21. The lowest BCUT2D eigenvalue weighted by Crippen LogP contribution is -2.63. The van der Waals surface area contributed by atoms with Gasteiger partial charge in [0, 0.05) is 20.2 Å². The Morgan fingerprint density at radius 1 is 1.58 bits per heavy atom. The number of aliphatic carboxylic acids is 1. The number of carboxylic acids is 1. The van der Waals surface area contributed by atoms with Crippen molar-refractivity contribution in [3.63, 3.8) is 0 Å². The zero-order valence-corrected chi connectivity index (χ0v) is 11.6. The molecule has 1 N–H and O–H groups in total. The molecule has 106 valence electrons. The van der Waals surface area contributed by atoms with Gasteiger partial charge < -0.3 is 9.84 Å². The number of halogens is 1. The zero-order valence-electron chi connectivity index (χ0n) is 10.00. The third kappa shape index (κ3) is 2.38. The summed E-state index contributed by atoms with van der Waals surface area (Å²) >= 11 is 0.519. The molecule has 0 aliphatic carbocycles. The van der Waals surface area contributed by atoms with E-state index in [0.717, 1.165) is 10.4 Å². The number of methoxy groups -OCH3 is 1. The Labute approximate surface area is 113 Å². The fourth-order valence-electron chi connectivity index (χ4n) is 1.93. The van der Waals surface area contributed by atoms with Crippen molar-refractivity contribution in [2.45, 2.75) is 4.21 Å². The second-order valence-corrected chi connectivity index (χ2v) is 7.55. The molecule has 1 fully saturated rings. The van der Waals surface area contributed by atoms with Crippen molar-refractivity contribution in [1.82, 2.24) is 4.31 Å². The van der Waals surface area contributed by atoms with Crippen LogP contribution in [0.5, 0.6) is 0 Å². The van der Waals surface area contributed by atoms with E-state index >= 15 is 0 Å². The van der Waals surface area contributed by atoms with Crippen LogP contribution in [-0.2, 0) is 19.6 Å². The molecule has 19 heavy (non-hydrogen) atoms. The van der Waals surface area contributed by atoms with Gasteiger partial charge in [-0.2, -0.15) is 8.70 Å². The molecule has 2 heterocycles. The van der Waals surface area contributed by atoms with Gasteiger partial charge in [-0.1, -0.05) is 11.3 Å². The maximum absolute atomic E-state index is 12.9. The van der Waals surface area contributed by atoms with Gasteiger partial charge in [-0.05, 0) is 12.1 Å². The van der Waals surface area contributed by atoms with Crippen LogP contribution < -0.4 is 0 Å². The van der Waals surface area contributed by atoms with E-state index in [1.165, 1.54) is 13.2 Å². The maximum Gasteiger partial charge on any atom is 0.314 e. The summed E-state index contributed by atoms with van der Waals surface area (Å²) in [6, 6.07) is 2.24. The molecule has 6 nitrogen and oxygen atoms in total. The molecule has 0 amide bonds. The Hall–Kier alpha value is -1.03. The minimum atomic E-state index is -3.81. The molecule has 0 saturated carbocycles. The van der Waals surface area contributed by atoms with E-state index in [1.54, 1.807) is 0 Å². The van der Waals surface area contributed by atoms with Crippen LogP contribution >= 0.6 is 11.3 Å². The Bertz CT molecular complexity index is 591. The topological polar surface area (TPSA) is 83.9 Å². The Kier molecular flexibility index (Phi) is 3.65. The van der Waals surface area contributed by atoms with Gasteiger partial charge >= 0.3 is 5.97 Å². The molecule has 0 bridgehead atoms. The summed E-state index contributed by atoms with van der Waals surface area (Å²) in [6.45, 7) is -0.400. The summed E-state index contributed by atoms with van der Waals surface area (Å²) in [5, 5.41) is 8.52. The number of rotatable bonds is 5. The van der Waals surface area contributed by atoms with Crippen LogP contribution in [0.15, 0.2) is 16.3 Å². The number of carboxylic acid groups (broad SMARTS) is 1. The Morgan fingerprint density at radius 2 is 2.21 bits per heavy atom. The minimum Gasteiger partial charge on any atom is -0.481 e. The summed E-state index contributed by atoms with van der Waals surface area (Å²) < 4.78 is 42.7. The van der Waals surface area contributed by atoms with Crippen LogP contribution in [0.1, 0.15) is 0 Å². The van der Waals surface area contributed by atoms with Gasteiger partial charge in [0.15, 0.2) is 5.13 Å². The summed E-state index contributed by atoms with van der Waals surface area (Å²) in [4.78, 5) is 11.1. The van der Waals surface area contributed by atoms with E-state index in [1.807, 2.05) is 0 Å². The van der Waals surface area contributed by atoms with Crippen molar-refractivity contribution in [2.24, 2.45) is 5.41 Å². The molecule has 1 aromatic heterocycles. The van der Waals surface area contributed by atoms with Crippen molar-refractivity contribution < 1.29 is 27.4 Å². The highest BCUT2D eigenvalue weighted by Gasteiger charge is 2.54. The van der Waals surface area contributed by atoms with E-state index < -0.39 is 26.5 Å². The highest BCUT2D eigenvalue weighted by atomic mass is 32.2. The van der Waals surface area contributed by atoms with Gasteiger partial charge in [0.25, 0.3) is 10.0 Å². The molecular formula is C10H12FNO5S2. The number of carbonyl (C=O) groups is 1. The predicted octanol–water partition coefficient (Wildman–Crippen LogP) is 0.609. The van der Waals surface area contributed by atoms with Gasteiger partial charge in [0.2, 0.25) is 0 Å². The number of hydrogen-bond acceptors (Lipinski definition) is 5. The number of hydrogen-bond donors (Lipinski definition) is 1. The SMILES string of the molecule is COCC1(C(=O)O)CN(S(=O)(=O)c2ccc(F)s2)C1. The van der Waals surface area contributed by atoms with E-state index in [9.17, 15) is 17.6 Å². The summed E-state index contributed by atoms with van der Waals surface area (Å²) in [5.74, 6) is -1.10. The molecule has 2 rings (SSSR count).